The van der Waals surface area contributed by atoms with Crippen LogP contribution in [0.3, 0.4) is 0 Å². The summed E-state index contributed by atoms with van der Waals surface area (Å²) in [4.78, 5) is 14.3. The van der Waals surface area contributed by atoms with Crippen molar-refractivity contribution >= 4 is 5.91 Å². The minimum Gasteiger partial charge on any atom is -0.383 e. The Hall–Kier alpha value is -1.43. The number of hydrogen-bond acceptors (Lipinski definition) is 4. The average Bonchev–Trinajstić information content (AvgIpc) is 2.52. The Labute approximate surface area is 127 Å². The predicted molar refractivity (Wildman–Crippen MR) is 85.0 cm³/mol. The lowest BCUT2D eigenvalue weighted by atomic mass is 9.85. The van der Waals surface area contributed by atoms with Crippen LogP contribution in [-0.4, -0.2) is 51.2 Å². The number of benzene rings is 1. The molecule has 0 aliphatic carbocycles. The van der Waals surface area contributed by atoms with Gasteiger partial charge in [0.1, 0.15) is 5.54 Å². The van der Waals surface area contributed by atoms with Crippen LogP contribution in [0.4, 0.5) is 0 Å². The molecule has 0 bridgehead atoms. The second-order valence-electron chi connectivity index (χ2n) is 5.06. The van der Waals surface area contributed by atoms with Gasteiger partial charge in [-0.15, -0.1) is 0 Å². The van der Waals surface area contributed by atoms with E-state index in [0.717, 1.165) is 25.2 Å². The number of nitrogens with one attached hydrogen (secondary N) is 1. The van der Waals surface area contributed by atoms with Crippen LogP contribution in [0.15, 0.2) is 30.3 Å². The van der Waals surface area contributed by atoms with Gasteiger partial charge in [0.05, 0.1) is 6.61 Å². The molecule has 1 atom stereocenters. The van der Waals surface area contributed by atoms with Gasteiger partial charge in [0.15, 0.2) is 0 Å². The second kappa shape index (κ2) is 8.77. The number of nitrogens with zero attached hydrogens (tertiary/aromatic N) is 1. The normalized spacial score (nSPS) is 14.1. The minimum atomic E-state index is -0.832. The number of amides is 1. The van der Waals surface area contributed by atoms with Crippen molar-refractivity contribution in [3.63, 3.8) is 0 Å². The van der Waals surface area contributed by atoms with Crippen molar-refractivity contribution in [3.05, 3.63) is 35.9 Å². The van der Waals surface area contributed by atoms with Crippen LogP contribution in [0.5, 0.6) is 0 Å². The highest BCUT2D eigenvalue weighted by molar-refractivity contribution is 5.86. The number of likely N-dealkylation sites (N-methyl/N-ethyl adjacent to an activating group) is 2. The number of methoxy groups -OCH3 is 1. The van der Waals surface area contributed by atoms with E-state index in [2.05, 4.69) is 17.1 Å². The summed E-state index contributed by atoms with van der Waals surface area (Å²) in [6.45, 7) is 5.32. The lowest BCUT2D eigenvalue weighted by molar-refractivity contribution is -0.125. The molecule has 0 radical (unpaired) electrons. The van der Waals surface area contributed by atoms with E-state index in [4.69, 9.17) is 10.5 Å². The molecule has 1 aromatic rings. The highest BCUT2D eigenvalue weighted by Crippen LogP contribution is 2.25. The van der Waals surface area contributed by atoms with Crippen LogP contribution >= 0.6 is 0 Å². The first-order valence-corrected chi connectivity index (χ1v) is 7.36. The highest BCUT2D eigenvalue weighted by Gasteiger charge is 2.36. The lowest BCUT2D eigenvalue weighted by Gasteiger charge is -2.33. The van der Waals surface area contributed by atoms with Gasteiger partial charge >= 0.3 is 0 Å². The molecule has 1 amide bonds. The molecule has 5 heteroatoms. The Morgan fingerprint density at radius 3 is 2.48 bits per heavy atom. The van der Waals surface area contributed by atoms with E-state index in [9.17, 15) is 4.79 Å². The van der Waals surface area contributed by atoms with Gasteiger partial charge in [-0.3, -0.25) is 4.79 Å². The third kappa shape index (κ3) is 4.52. The van der Waals surface area contributed by atoms with Gasteiger partial charge in [-0.1, -0.05) is 37.3 Å². The Bertz CT molecular complexity index is 425. The van der Waals surface area contributed by atoms with Crippen molar-refractivity contribution in [2.75, 3.05) is 40.4 Å². The number of hydrogen-bond donors (Lipinski definition) is 2. The van der Waals surface area contributed by atoms with E-state index in [1.807, 2.05) is 30.3 Å². The molecular weight excluding hydrogens is 266 g/mol. The topological polar surface area (TPSA) is 67.6 Å². The molecule has 0 spiro atoms. The van der Waals surface area contributed by atoms with Gasteiger partial charge in [0, 0.05) is 20.2 Å². The number of primary amides is 1. The number of carbonyl (C=O) groups is 1. The lowest BCUT2D eigenvalue weighted by Crippen LogP contribution is -2.53. The maximum absolute atomic E-state index is 12.1. The SMILES string of the molecule is CCN(CCOC)CCC(NC)(C(N)=O)c1ccccc1. The van der Waals surface area contributed by atoms with Gasteiger partial charge < -0.3 is 20.7 Å². The first kappa shape index (κ1) is 17.6. The number of nitrogens with two attached hydrogens (primary N) is 1. The summed E-state index contributed by atoms with van der Waals surface area (Å²) in [5, 5.41) is 3.13. The molecule has 0 saturated carbocycles. The fraction of sp³-hybridized carbons (Fsp3) is 0.562. The molecule has 1 unspecified atom stereocenters. The zero-order valence-corrected chi connectivity index (χ0v) is 13.3. The molecule has 1 aromatic carbocycles. The molecule has 21 heavy (non-hydrogen) atoms. The zero-order valence-electron chi connectivity index (χ0n) is 13.3. The molecule has 0 aliphatic rings. The molecule has 0 saturated heterocycles. The molecule has 0 aromatic heterocycles. The monoisotopic (exact) mass is 293 g/mol. The Morgan fingerprint density at radius 1 is 1.33 bits per heavy atom. The van der Waals surface area contributed by atoms with Gasteiger partial charge in [0.25, 0.3) is 0 Å². The smallest absolute Gasteiger partial charge is 0.242 e. The molecular formula is C16H27N3O2. The molecule has 3 N–H and O–H groups in total. The van der Waals surface area contributed by atoms with Crippen molar-refractivity contribution in [3.8, 4) is 0 Å². The standard InChI is InChI=1S/C16H27N3O2/c1-4-19(12-13-21-3)11-10-16(18-2,15(17)20)14-8-6-5-7-9-14/h5-9,18H,4,10-13H2,1-3H3,(H2,17,20). The van der Waals surface area contributed by atoms with E-state index < -0.39 is 5.54 Å². The summed E-state index contributed by atoms with van der Waals surface area (Å²) in [5.41, 5.74) is 5.77. The van der Waals surface area contributed by atoms with E-state index in [1.165, 1.54) is 0 Å². The van der Waals surface area contributed by atoms with Crippen LogP contribution in [0.2, 0.25) is 0 Å². The Morgan fingerprint density at radius 2 is 2.00 bits per heavy atom. The van der Waals surface area contributed by atoms with Crippen molar-refractivity contribution in [1.29, 1.82) is 0 Å². The number of ether oxygens (including phenoxy) is 1. The maximum atomic E-state index is 12.1. The van der Waals surface area contributed by atoms with Crippen molar-refractivity contribution < 1.29 is 9.53 Å². The van der Waals surface area contributed by atoms with E-state index in [-0.39, 0.29) is 5.91 Å². The van der Waals surface area contributed by atoms with Gasteiger partial charge in [-0.05, 0) is 25.6 Å². The van der Waals surface area contributed by atoms with Crippen molar-refractivity contribution in [2.45, 2.75) is 18.9 Å². The summed E-state index contributed by atoms with van der Waals surface area (Å²) in [6.07, 6.45) is 0.625. The third-order valence-electron chi connectivity index (χ3n) is 3.98. The second-order valence-corrected chi connectivity index (χ2v) is 5.06. The maximum Gasteiger partial charge on any atom is 0.242 e. The van der Waals surface area contributed by atoms with Gasteiger partial charge in [-0.25, -0.2) is 0 Å². The molecule has 1 rings (SSSR count). The summed E-state index contributed by atoms with van der Waals surface area (Å²) >= 11 is 0. The summed E-state index contributed by atoms with van der Waals surface area (Å²) < 4.78 is 5.12. The van der Waals surface area contributed by atoms with Crippen molar-refractivity contribution in [1.82, 2.24) is 10.2 Å². The Balaban J connectivity index is 2.86. The fourth-order valence-electron chi connectivity index (χ4n) is 2.50. The molecule has 0 heterocycles. The van der Waals surface area contributed by atoms with Crippen LogP contribution in [-0.2, 0) is 15.1 Å². The van der Waals surface area contributed by atoms with Gasteiger partial charge in [-0.2, -0.15) is 0 Å². The van der Waals surface area contributed by atoms with Crippen molar-refractivity contribution in [2.24, 2.45) is 5.73 Å². The molecule has 0 aliphatic heterocycles. The fourth-order valence-corrected chi connectivity index (χ4v) is 2.50. The highest BCUT2D eigenvalue weighted by atomic mass is 16.5. The van der Waals surface area contributed by atoms with E-state index in [1.54, 1.807) is 14.2 Å². The van der Waals surface area contributed by atoms with Crippen LogP contribution < -0.4 is 11.1 Å². The van der Waals surface area contributed by atoms with Crippen LogP contribution in [0.25, 0.3) is 0 Å². The minimum absolute atomic E-state index is 0.348. The zero-order chi connectivity index (χ0) is 15.7. The predicted octanol–water partition coefficient (Wildman–Crippen LogP) is 0.945. The Kier molecular flexibility index (Phi) is 7.36. The van der Waals surface area contributed by atoms with Crippen LogP contribution in [0, 0.1) is 0 Å². The summed E-state index contributed by atoms with van der Waals surface area (Å²) in [6, 6.07) is 9.65. The largest absolute Gasteiger partial charge is 0.383 e. The number of rotatable bonds is 10. The first-order valence-electron chi connectivity index (χ1n) is 7.36. The third-order valence-corrected chi connectivity index (χ3v) is 3.98. The van der Waals surface area contributed by atoms with Crippen LogP contribution in [0.1, 0.15) is 18.9 Å². The quantitative estimate of drug-likeness (QED) is 0.674. The van der Waals surface area contributed by atoms with Gasteiger partial charge in [0.2, 0.25) is 5.91 Å². The van der Waals surface area contributed by atoms with E-state index >= 15 is 0 Å². The molecule has 5 nitrogen and oxygen atoms in total. The average molecular weight is 293 g/mol. The first-order chi connectivity index (χ1) is 10.1. The van der Waals surface area contributed by atoms with E-state index in [0.29, 0.717) is 13.0 Å². The number of carbonyl (C=O) groups excluding carboxylic acids is 1. The summed E-state index contributed by atoms with van der Waals surface area (Å²) in [7, 11) is 3.47. The summed E-state index contributed by atoms with van der Waals surface area (Å²) in [5.74, 6) is -0.348. The molecule has 0 fully saturated rings. The molecule has 118 valence electrons.